The van der Waals surface area contributed by atoms with Crippen molar-refractivity contribution in [2.24, 2.45) is 5.16 Å². The van der Waals surface area contributed by atoms with Gasteiger partial charge in [-0.15, -0.1) is 0 Å². The smallest absolute Gasteiger partial charge is 0.411 e. The Hall–Kier alpha value is -2.74. The first-order valence-corrected chi connectivity index (χ1v) is 8.57. The minimum Gasteiger partial charge on any atom is -0.411 e. The predicted octanol–water partition coefficient (Wildman–Crippen LogP) is 5.61. The zero-order chi connectivity index (χ0) is 21.1. The van der Waals surface area contributed by atoms with E-state index in [2.05, 4.69) is 15.8 Å². The number of urea groups is 1. The zero-order valence-corrected chi connectivity index (χ0v) is 16.1. The van der Waals surface area contributed by atoms with E-state index in [0.29, 0.717) is 11.3 Å². The fraction of sp³-hybridized carbons (Fsp3) is 0.263. The molecule has 0 aliphatic carbocycles. The van der Waals surface area contributed by atoms with Gasteiger partial charge in [0.05, 0.1) is 21.8 Å². The summed E-state index contributed by atoms with van der Waals surface area (Å²) in [6.45, 7) is 5.10. The third-order valence-electron chi connectivity index (χ3n) is 4.11. The molecule has 0 heterocycles. The first-order chi connectivity index (χ1) is 12.9. The lowest BCUT2D eigenvalue weighted by molar-refractivity contribution is -0.137. The average molecular weight is 414 g/mol. The molecule has 0 aliphatic rings. The van der Waals surface area contributed by atoms with Gasteiger partial charge in [0.25, 0.3) is 0 Å². The van der Waals surface area contributed by atoms with E-state index in [1.165, 1.54) is 6.07 Å². The van der Waals surface area contributed by atoms with E-state index in [0.717, 1.165) is 17.7 Å². The standard InChI is InChI=1S/C19H19ClF3N3O2/c1-11(26-28)12-5-4-6-13(9-12)18(2,3)25-17(27)24-14-7-8-16(20)15(10-14)19(21,22)23/h4-10,28H,1-3H3,(H2,24,25,27)/b26-11+. The topological polar surface area (TPSA) is 73.7 Å². The molecular weight excluding hydrogens is 395 g/mol. The highest BCUT2D eigenvalue weighted by Crippen LogP contribution is 2.36. The van der Waals surface area contributed by atoms with E-state index in [-0.39, 0.29) is 5.69 Å². The van der Waals surface area contributed by atoms with Crippen molar-refractivity contribution >= 4 is 29.0 Å². The summed E-state index contributed by atoms with van der Waals surface area (Å²) >= 11 is 5.58. The molecule has 0 bridgehead atoms. The molecule has 3 N–H and O–H groups in total. The highest BCUT2D eigenvalue weighted by Gasteiger charge is 2.33. The molecule has 0 aliphatic heterocycles. The number of carbonyl (C=O) groups excluding carboxylic acids is 1. The number of halogens is 4. The van der Waals surface area contributed by atoms with Crippen molar-refractivity contribution in [1.82, 2.24) is 5.32 Å². The Kier molecular flexibility index (Phi) is 6.23. The molecular formula is C19H19ClF3N3O2. The Labute approximate surface area is 165 Å². The molecule has 5 nitrogen and oxygen atoms in total. The van der Waals surface area contributed by atoms with Crippen LogP contribution in [0.15, 0.2) is 47.6 Å². The van der Waals surface area contributed by atoms with Crippen molar-refractivity contribution in [3.05, 3.63) is 64.2 Å². The number of carbonyl (C=O) groups is 1. The van der Waals surface area contributed by atoms with Crippen LogP contribution in [0.3, 0.4) is 0 Å². The van der Waals surface area contributed by atoms with Gasteiger partial charge >= 0.3 is 12.2 Å². The molecule has 0 saturated heterocycles. The number of benzene rings is 2. The average Bonchev–Trinajstić information content (AvgIpc) is 2.61. The van der Waals surface area contributed by atoms with Crippen LogP contribution < -0.4 is 10.6 Å². The van der Waals surface area contributed by atoms with Crippen LogP contribution in [0.25, 0.3) is 0 Å². The van der Waals surface area contributed by atoms with E-state index in [4.69, 9.17) is 16.8 Å². The molecule has 2 aromatic rings. The van der Waals surface area contributed by atoms with Crippen LogP contribution in [0.4, 0.5) is 23.7 Å². The minimum atomic E-state index is -4.63. The molecule has 0 unspecified atom stereocenters. The second-order valence-corrected chi connectivity index (χ2v) is 7.07. The summed E-state index contributed by atoms with van der Waals surface area (Å²) in [6.07, 6.45) is -4.63. The van der Waals surface area contributed by atoms with Gasteiger partial charge in [0.2, 0.25) is 0 Å². The molecule has 2 amide bonds. The fourth-order valence-electron chi connectivity index (χ4n) is 2.53. The maximum atomic E-state index is 13.0. The van der Waals surface area contributed by atoms with Gasteiger partial charge in [-0.2, -0.15) is 13.2 Å². The van der Waals surface area contributed by atoms with Crippen LogP contribution in [0.5, 0.6) is 0 Å². The number of alkyl halides is 3. The number of amides is 2. The number of hydrogen-bond donors (Lipinski definition) is 3. The lowest BCUT2D eigenvalue weighted by Gasteiger charge is -2.27. The van der Waals surface area contributed by atoms with Gasteiger partial charge in [0.1, 0.15) is 0 Å². The van der Waals surface area contributed by atoms with E-state index >= 15 is 0 Å². The summed E-state index contributed by atoms with van der Waals surface area (Å²) in [7, 11) is 0. The third-order valence-corrected chi connectivity index (χ3v) is 4.44. The monoisotopic (exact) mass is 413 g/mol. The maximum Gasteiger partial charge on any atom is 0.417 e. The third kappa shape index (κ3) is 5.16. The second kappa shape index (κ2) is 8.10. The molecule has 0 spiro atoms. The quantitative estimate of drug-likeness (QED) is 0.346. The summed E-state index contributed by atoms with van der Waals surface area (Å²) in [6, 6.07) is 9.47. The first-order valence-electron chi connectivity index (χ1n) is 8.19. The van der Waals surface area contributed by atoms with E-state index in [1.807, 2.05) is 0 Å². The number of rotatable bonds is 4. The Bertz CT molecular complexity index is 912. The summed E-state index contributed by atoms with van der Waals surface area (Å²) < 4.78 is 38.9. The van der Waals surface area contributed by atoms with Crippen molar-refractivity contribution in [2.75, 3.05) is 5.32 Å². The van der Waals surface area contributed by atoms with Gasteiger partial charge in [-0.1, -0.05) is 35.0 Å². The van der Waals surface area contributed by atoms with E-state index in [1.54, 1.807) is 45.0 Å². The van der Waals surface area contributed by atoms with Crippen molar-refractivity contribution in [1.29, 1.82) is 0 Å². The van der Waals surface area contributed by atoms with Crippen LogP contribution in [0.2, 0.25) is 5.02 Å². The maximum absolute atomic E-state index is 13.0. The largest absolute Gasteiger partial charge is 0.417 e. The normalized spacial score (nSPS) is 12.6. The van der Waals surface area contributed by atoms with Crippen LogP contribution >= 0.6 is 11.6 Å². The van der Waals surface area contributed by atoms with Crippen molar-refractivity contribution in [3.63, 3.8) is 0 Å². The molecule has 9 heteroatoms. The molecule has 0 saturated carbocycles. The van der Waals surface area contributed by atoms with Gasteiger partial charge in [0, 0.05) is 5.69 Å². The van der Waals surface area contributed by atoms with Crippen LogP contribution in [-0.2, 0) is 11.7 Å². The molecule has 2 rings (SSSR count). The Morgan fingerprint density at radius 3 is 2.43 bits per heavy atom. The van der Waals surface area contributed by atoms with Crippen LogP contribution in [-0.4, -0.2) is 17.0 Å². The predicted molar refractivity (Wildman–Crippen MR) is 102 cm³/mol. The highest BCUT2D eigenvalue weighted by atomic mass is 35.5. The highest BCUT2D eigenvalue weighted by molar-refractivity contribution is 6.31. The first kappa shape index (κ1) is 21.6. The zero-order valence-electron chi connectivity index (χ0n) is 15.4. The second-order valence-electron chi connectivity index (χ2n) is 6.66. The van der Waals surface area contributed by atoms with Crippen molar-refractivity contribution in [2.45, 2.75) is 32.5 Å². The van der Waals surface area contributed by atoms with E-state index < -0.39 is 28.3 Å². The number of nitrogens with zero attached hydrogens (tertiary/aromatic N) is 1. The number of anilines is 1. The summed E-state index contributed by atoms with van der Waals surface area (Å²) in [5, 5.41) is 16.7. The Balaban J connectivity index is 2.18. The fourth-order valence-corrected chi connectivity index (χ4v) is 2.75. The van der Waals surface area contributed by atoms with Gasteiger partial charge in [-0.05, 0) is 56.2 Å². The molecule has 0 aromatic heterocycles. The van der Waals surface area contributed by atoms with Gasteiger partial charge in [0.15, 0.2) is 0 Å². The Morgan fingerprint density at radius 1 is 1.14 bits per heavy atom. The van der Waals surface area contributed by atoms with Crippen LogP contribution in [0.1, 0.15) is 37.5 Å². The van der Waals surface area contributed by atoms with Crippen LogP contribution in [0, 0.1) is 0 Å². The molecule has 150 valence electrons. The molecule has 0 atom stereocenters. The lowest BCUT2D eigenvalue weighted by atomic mass is 9.92. The van der Waals surface area contributed by atoms with Gasteiger partial charge < -0.3 is 15.8 Å². The summed E-state index contributed by atoms with van der Waals surface area (Å²) in [5.41, 5.74) is -0.129. The lowest BCUT2D eigenvalue weighted by Crippen LogP contribution is -2.43. The number of nitrogens with one attached hydrogen (secondary N) is 2. The van der Waals surface area contributed by atoms with Crippen molar-refractivity contribution in [3.8, 4) is 0 Å². The summed E-state index contributed by atoms with van der Waals surface area (Å²) in [5.74, 6) is 0. The Morgan fingerprint density at radius 2 is 1.82 bits per heavy atom. The molecule has 0 radical (unpaired) electrons. The van der Waals surface area contributed by atoms with Gasteiger partial charge in [-0.3, -0.25) is 0 Å². The van der Waals surface area contributed by atoms with Crippen molar-refractivity contribution < 1.29 is 23.2 Å². The van der Waals surface area contributed by atoms with E-state index in [9.17, 15) is 18.0 Å². The van der Waals surface area contributed by atoms with Gasteiger partial charge in [-0.25, -0.2) is 4.79 Å². The minimum absolute atomic E-state index is 0.0398. The number of oxime groups is 1. The SMILES string of the molecule is C/C(=N\O)c1cccc(C(C)(C)NC(=O)Nc2ccc(Cl)c(C(F)(F)F)c2)c1. The molecule has 0 fully saturated rings. The summed E-state index contributed by atoms with van der Waals surface area (Å²) in [4.78, 5) is 12.3. The number of hydrogen-bond acceptors (Lipinski definition) is 3. The molecule has 28 heavy (non-hydrogen) atoms. The molecule has 2 aromatic carbocycles.